The molecule has 21 heavy (non-hydrogen) atoms. The topological polar surface area (TPSA) is 72.6 Å². The number of nitrogens with zero attached hydrogens (tertiary/aromatic N) is 1. The third kappa shape index (κ3) is 3.14. The Labute approximate surface area is 118 Å². The van der Waals surface area contributed by atoms with Crippen LogP contribution in [0.5, 0.6) is 11.5 Å². The van der Waals surface area contributed by atoms with E-state index in [0.29, 0.717) is 5.56 Å². The van der Waals surface area contributed by atoms with Gasteiger partial charge in [-0.1, -0.05) is 12.1 Å². The first-order chi connectivity index (χ1) is 9.90. The maximum absolute atomic E-state index is 13.5. The fraction of sp³-hybridized carbons (Fsp3) is 0.143. The molecule has 1 atom stereocenters. The SMILES string of the molecule is C[C@H](O)c1ccc(Oc2cccc(F)c2F)c([N+](=O)[O-])c1. The van der Waals surface area contributed by atoms with E-state index in [2.05, 4.69) is 0 Å². The Morgan fingerprint density at radius 1 is 1.24 bits per heavy atom. The fourth-order valence-electron chi connectivity index (χ4n) is 1.70. The van der Waals surface area contributed by atoms with Crippen LogP contribution in [0.1, 0.15) is 18.6 Å². The molecule has 0 spiro atoms. The van der Waals surface area contributed by atoms with Crippen molar-refractivity contribution in [2.45, 2.75) is 13.0 Å². The number of aliphatic hydroxyl groups is 1. The number of halogens is 2. The lowest BCUT2D eigenvalue weighted by Gasteiger charge is -2.10. The van der Waals surface area contributed by atoms with Gasteiger partial charge in [-0.2, -0.15) is 4.39 Å². The van der Waals surface area contributed by atoms with E-state index in [4.69, 9.17) is 4.74 Å². The summed E-state index contributed by atoms with van der Waals surface area (Å²) in [6.45, 7) is 1.45. The zero-order valence-electron chi connectivity index (χ0n) is 10.9. The molecule has 1 N–H and O–H groups in total. The summed E-state index contributed by atoms with van der Waals surface area (Å²) in [6.07, 6.45) is -0.899. The Kier molecular flexibility index (Phi) is 4.13. The molecule has 0 amide bonds. The number of hydrogen-bond donors (Lipinski definition) is 1. The van der Waals surface area contributed by atoms with Gasteiger partial charge in [0.25, 0.3) is 0 Å². The van der Waals surface area contributed by atoms with Gasteiger partial charge < -0.3 is 9.84 Å². The van der Waals surface area contributed by atoms with E-state index in [9.17, 15) is 24.0 Å². The van der Waals surface area contributed by atoms with Crippen LogP contribution in [0.3, 0.4) is 0 Å². The number of hydrogen-bond acceptors (Lipinski definition) is 4. The van der Waals surface area contributed by atoms with E-state index >= 15 is 0 Å². The zero-order chi connectivity index (χ0) is 15.6. The predicted molar refractivity (Wildman–Crippen MR) is 70.2 cm³/mol. The van der Waals surface area contributed by atoms with Crippen molar-refractivity contribution < 1.29 is 23.5 Å². The van der Waals surface area contributed by atoms with Crippen molar-refractivity contribution in [2.24, 2.45) is 0 Å². The molecule has 0 fully saturated rings. The number of nitro groups is 1. The van der Waals surface area contributed by atoms with Gasteiger partial charge >= 0.3 is 5.69 Å². The van der Waals surface area contributed by atoms with Crippen molar-refractivity contribution in [2.75, 3.05) is 0 Å². The molecule has 0 heterocycles. The Bertz CT molecular complexity index is 689. The van der Waals surface area contributed by atoms with E-state index in [-0.39, 0.29) is 5.75 Å². The number of ether oxygens (including phenoxy) is 1. The van der Waals surface area contributed by atoms with Crippen LogP contribution in [-0.4, -0.2) is 10.0 Å². The van der Waals surface area contributed by atoms with E-state index in [1.807, 2.05) is 0 Å². The molecule has 0 saturated heterocycles. The van der Waals surface area contributed by atoms with Gasteiger partial charge in [0.1, 0.15) is 0 Å². The third-order valence-corrected chi connectivity index (χ3v) is 2.80. The number of benzene rings is 2. The average Bonchev–Trinajstić information content (AvgIpc) is 2.43. The minimum absolute atomic E-state index is 0.242. The summed E-state index contributed by atoms with van der Waals surface area (Å²) in [5.74, 6) is -3.04. The Hall–Kier alpha value is -2.54. The normalized spacial score (nSPS) is 12.0. The molecule has 0 aromatic heterocycles. The second-order valence-electron chi connectivity index (χ2n) is 4.31. The molecule has 7 heteroatoms. The second kappa shape index (κ2) is 5.84. The Morgan fingerprint density at radius 3 is 2.57 bits per heavy atom. The van der Waals surface area contributed by atoms with Crippen molar-refractivity contribution in [3.05, 3.63) is 63.7 Å². The highest BCUT2D eigenvalue weighted by Gasteiger charge is 2.20. The van der Waals surface area contributed by atoms with Gasteiger partial charge in [0.15, 0.2) is 11.6 Å². The Morgan fingerprint density at radius 2 is 1.95 bits per heavy atom. The zero-order valence-corrected chi connectivity index (χ0v) is 10.9. The predicted octanol–water partition coefficient (Wildman–Crippen LogP) is 3.72. The van der Waals surface area contributed by atoms with E-state index in [1.54, 1.807) is 0 Å². The lowest BCUT2D eigenvalue weighted by Crippen LogP contribution is -1.99. The van der Waals surface area contributed by atoms with Gasteiger partial charge in [-0.05, 0) is 30.7 Å². The van der Waals surface area contributed by atoms with Crippen molar-refractivity contribution in [3.8, 4) is 11.5 Å². The van der Waals surface area contributed by atoms with Crippen molar-refractivity contribution in [1.29, 1.82) is 0 Å². The van der Waals surface area contributed by atoms with Gasteiger partial charge in [-0.25, -0.2) is 4.39 Å². The van der Waals surface area contributed by atoms with Crippen LogP contribution >= 0.6 is 0 Å². The molecule has 2 rings (SSSR count). The summed E-state index contributed by atoms with van der Waals surface area (Å²) < 4.78 is 31.7. The van der Waals surface area contributed by atoms with Crippen molar-refractivity contribution in [3.63, 3.8) is 0 Å². The van der Waals surface area contributed by atoms with Crippen LogP contribution in [0.15, 0.2) is 36.4 Å². The average molecular weight is 295 g/mol. The molecule has 5 nitrogen and oxygen atoms in total. The highest BCUT2D eigenvalue weighted by atomic mass is 19.2. The number of nitro benzene ring substituents is 1. The highest BCUT2D eigenvalue weighted by molar-refractivity contribution is 5.51. The van der Waals surface area contributed by atoms with E-state index < -0.39 is 34.1 Å². The molecule has 2 aromatic rings. The summed E-state index contributed by atoms with van der Waals surface area (Å²) >= 11 is 0. The quantitative estimate of drug-likeness (QED) is 0.689. The van der Waals surface area contributed by atoms with Crippen molar-refractivity contribution >= 4 is 5.69 Å². The Balaban J connectivity index is 2.44. The molecule has 110 valence electrons. The summed E-state index contributed by atoms with van der Waals surface area (Å²) in [5.41, 5.74) is -0.133. The molecular weight excluding hydrogens is 284 g/mol. The first-order valence-corrected chi connectivity index (χ1v) is 5.98. The van der Waals surface area contributed by atoms with Crippen molar-refractivity contribution in [1.82, 2.24) is 0 Å². The lowest BCUT2D eigenvalue weighted by molar-refractivity contribution is -0.385. The molecule has 0 unspecified atom stereocenters. The van der Waals surface area contributed by atoms with Crippen LogP contribution in [-0.2, 0) is 0 Å². The molecule has 0 aliphatic rings. The summed E-state index contributed by atoms with van der Waals surface area (Å²) in [5, 5.41) is 20.4. The van der Waals surface area contributed by atoms with Crippen LogP contribution in [0.25, 0.3) is 0 Å². The monoisotopic (exact) mass is 295 g/mol. The van der Waals surface area contributed by atoms with Gasteiger partial charge in [0.2, 0.25) is 11.6 Å². The number of aliphatic hydroxyl groups excluding tert-OH is 1. The second-order valence-corrected chi connectivity index (χ2v) is 4.31. The summed E-state index contributed by atoms with van der Waals surface area (Å²) in [6, 6.07) is 7.05. The molecule has 0 aliphatic carbocycles. The van der Waals surface area contributed by atoms with Gasteiger partial charge in [0.05, 0.1) is 11.0 Å². The number of rotatable bonds is 4. The smallest absolute Gasteiger partial charge is 0.311 e. The van der Waals surface area contributed by atoms with Crippen LogP contribution in [0.2, 0.25) is 0 Å². The molecule has 0 saturated carbocycles. The minimum atomic E-state index is -1.23. The lowest BCUT2D eigenvalue weighted by atomic mass is 10.1. The largest absolute Gasteiger partial charge is 0.447 e. The van der Waals surface area contributed by atoms with Gasteiger partial charge in [0, 0.05) is 6.07 Å². The maximum Gasteiger partial charge on any atom is 0.311 e. The molecular formula is C14H11F2NO4. The van der Waals surface area contributed by atoms with Crippen LogP contribution in [0, 0.1) is 21.7 Å². The minimum Gasteiger partial charge on any atom is -0.447 e. The first kappa shape index (κ1) is 14.9. The summed E-state index contributed by atoms with van der Waals surface area (Å²) in [4.78, 5) is 10.3. The standard InChI is InChI=1S/C14H11F2NO4/c1-8(18)9-5-6-12(11(7-9)17(19)20)21-13-4-2-3-10(15)14(13)16/h2-8,18H,1H3/t8-/m0/s1. The fourth-order valence-corrected chi connectivity index (χ4v) is 1.70. The van der Waals surface area contributed by atoms with Gasteiger partial charge in [-0.3, -0.25) is 10.1 Å². The highest BCUT2D eigenvalue weighted by Crippen LogP contribution is 2.34. The maximum atomic E-state index is 13.5. The van der Waals surface area contributed by atoms with Crippen LogP contribution in [0.4, 0.5) is 14.5 Å². The molecule has 0 aliphatic heterocycles. The third-order valence-electron chi connectivity index (χ3n) is 2.80. The van der Waals surface area contributed by atoms with E-state index in [1.165, 1.54) is 25.1 Å². The summed E-state index contributed by atoms with van der Waals surface area (Å²) in [7, 11) is 0. The first-order valence-electron chi connectivity index (χ1n) is 5.98. The molecule has 0 radical (unpaired) electrons. The molecule has 2 aromatic carbocycles. The van der Waals surface area contributed by atoms with Crippen LogP contribution < -0.4 is 4.74 Å². The van der Waals surface area contributed by atoms with Gasteiger partial charge in [-0.15, -0.1) is 0 Å². The van der Waals surface area contributed by atoms with E-state index in [0.717, 1.165) is 18.2 Å². The molecule has 0 bridgehead atoms.